The van der Waals surface area contributed by atoms with Crippen LogP contribution in [0, 0.1) is 10.1 Å². The van der Waals surface area contributed by atoms with Gasteiger partial charge in [0.2, 0.25) is 0 Å². The first-order chi connectivity index (χ1) is 12.7. The van der Waals surface area contributed by atoms with Gasteiger partial charge in [0.05, 0.1) is 27.7 Å². The van der Waals surface area contributed by atoms with Crippen LogP contribution in [0.1, 0.15) is 0 Å². The lowest BCUT2D eigenvalue weighted by Gasteiger charge is -2.07. The molecule has 0 N–H and O–H groups in total. The number of thiophene rings is 1. The first-order valence-electron chi connectivity index (χ1n) is 7.80. The van der Waals surface area contributed by atoms with Crippen molar-refractivity contribution in [3.05, 3.63) is 83.2 Å². The van der Waals surface area contributed by atoms with Crippen molar-refractivity contribution in [1.29, 1.82) is 0 Å². The number of aromatic nitrogens is 3. The summed E-state index contributed by atoms with van der Waals surface area (Å²) in [5, 5.41) is 11.1. The number of hydrogen-bond donors (Lipinski definition) is 0. The summed E-state index contributed by atoms with van der Waals surface area (Å²) in [7, 11) is 0. The van der Waals surface area contributed by atoms with Crippen LogP contribution in [-0.4, -0.2) is 19.9 Å². The third kappa shape index (κ3) is 3.20. The van der Waals surface area contributed by atoms with E-state index in [2.05, 4.69) is 15.0 Å². The minimum Gasteiger partial charge on any atom is -0.258 e. The Labute approximate surface area is 153 Å². The normalized spacial score (nSPS) is 10.6. The van der Waals surface area contributed by atoms with Crippen molar-refractivity contribution in [3.8, 4) is 33.2 Å². The summed E-state index contributed by atoms with van der Waals surface area (Å²) in [6.45, 7) is 0. The molecule has 4 aromatic rings. The summed E-state index contributed by atoms with van der Waals surface area (Å²) in [6, 6.07) is 18.3. The lowest BCUT2D eigenvalue weighted by molar-refractivity contribution is -0.380. The second kappa shape index (κ2) is 6.81. The molecule has 0 radical (unpaired) electrons. The molecule has 0 saturated carbocycles. The van der Waals surface area contributed by atoms with Crippen LogP contribution in [0.25, 0.3) is 33.2 Å². The third-order valence-corrected chi connectivity index (χ3v) is 4.82. The Morgan fingerprint density at radius 1 is 0.808 bits per heavy atom. The topological polar surface area (TPSA) is 81.8 Å². The van der Waals surface area contributed by atoms with E-state index in [4.69, 9.17) is 0 Å². The zero-order valence-electron chi connectivity index (χ0n) is 13.4. The molecule has 126 valence electrons. The van der Waals surface area contributed by atoms with Gasteiger partial charge < -0.3 is 0 Å². The van der Waals surface area contributed by atoms with Gasteiger partial charge in [0, 0.05) is 23.3 Å². The molecule has 0 atom stereocenters. The van der Waals surface area contributed by atoms with E-state index in [0.29, 0.717) is 11.4 Å². The van der Waals surface area contributed by atoms with Gasteiger partial charge >= 0.3 is 5.00 Å². The summed E-state index contributed by atoms with van der Waals surface area (Å²) in [6.07, 6.45) is 3.42. The van der Waals surface area contributed by atoms with Crippen LogP contribution in [0.3, 0.4) is 0 Å². The zero-order valence-corrected chi connectivity index (χ0v) is 14.3. The molecule has 0 aromatic carbocycles. The van der Waals surface area contributed by atoms with Gasteiger partial charge in [0.15, 0.2) is 0 Å². The van der Waals surface area contributed by atoms with Crippen LogP contribution in [0.5, 0.6) is 0 Å². The van der Waals surface area contributed by atoms with Crippen LogP contribution in [-0.2, 0) is 0 Å². The van der Waals surface area contributed by atoms with Gasteiger partial charge in [-0.3, -0.25) is 20.1 Å². The number of nitro groups is 1. The quantitative estimate of drug-likeness (QED) is 0.384. The fraction of sp³-hybridized carbons (Fsp3) is 0. The molecule has 0 saturated heterocycles. The van der Waals surface area contributed by atoms with E-state index in [1.54, 1.807) is 18.5 Å². The summed E-state index contributed by atoms with van der Waals surface area (Å²) < 4.78 is 0. The Kier molecular flexibility index (Phi) is 4.20. The molecule has 4 heterocycles. The summed E-state index contributed by atoms with van der Waals surface area (Å²) in [5.74, 6) is 0. The monoisotopic (exact) mass is 360 g/mol. The van der Waals surface area contributed by atoms with E-state index < -0.39 is 0 Å². The Morgan fingerprint density at radius 3 is 1.88 bits per heavy atom. The number of hydrogen-bond acceptors (Lipinski definition) is 6. The van der Waals surface area contributed by atoms with E-state index in [0.717, 1.165) is 33.2 Å². The standard InChI is InChI=1S/C19H12N4O2S/c24-23(25)19-8-7-18(26-19)13-11-16(14-5-1-3-9-20-14)22-17(12-13)15-6-2-4-10-21-15/h1-12H. The molecule has 0 aliphatic carbocycles. The van der Waals surface area contributed by atoms with Crippen LogP contribution in [0.2, 0.25) is 0 Å². The molecule has 0 bridgehead atoms. The summed E-state index contributed by atoms with van der Waals surface area (Å²) >= 11 is 1.13. The van der Waals surface area contributed by atoms with Gasteiger partial charge in [0.1, 0.15) is 0 Å². The van der Waals surface area contributed by atoms with Crippen LogP contribution in [0.4, 0.5) is 5.00 Å². The van der Waals surface area contributed by atoms with Crippen molar-refractivity contribution in [2.75, 3.05) is 0 Å². The minimum absolute atomic E-state index is 0.107. The molecule has 7 heteroatoms. The molecular formula is C19H12N4O2S. The molecule has 0 spiro atoms. The highest BCUT2D eigenvalue weighted by Crippen LogP contribution is 2.35. The van der Waals surface area contributed by atoms with Crippen LogP contribution in [0.15, 0.2) is 73.1 Å². The van der Waals surface area contributed by atoms with Gasteiger partial charge in [-0.2, -0.15) is 0 Å². The molecule has 6 nitrogen and oxygen atoms in total. The number of pyridine rings is 3. The largest absolute Gasteiger partial charge is 0.324 e. The molecule has 4 aromatic heterocycles. The lowest BCUT2D eigenvalue weighted by atomic mass is 10.1. The second-order valence-electron chi connectivity index (χ2n) is 5.45. The molecule has 26 heavy (non-hydrogen) atoms. The smallest absolute Gasteiger partial charge is 0.258 e. The number of nitrogens with zero attached hydrogens (tertiary/aromatic N) is 4. The fourth-order valence-electron chi connectivity index (χ4n) is 2.54. The van der Waals surface area contributed by atoms with E-state index in [1.165, 1.54) is 6.07 Å². The second-order valence-corrected chi connectivity index (χ2v) is 6.51. The maximum Gasteiger partial charge on any atom is 0.324 e. The maximum absolute atomic E-state index is 11.0. The third-order valence-electron chi connectivity index (χ3n) is 3.74. The van der Waals surface area contributed by atoms with Crippen molar-refractivity contribution in [3.63, 3.8) is 0 Å². The van der Waals surface area contributed by atoms with Gasteiger partial charge in [0.25, 0.3) is 0 Å². The lowest BCUT2D eigenvalue weighted by Crippen LogP contribution is -1.93. The van der Waals surface area contributed by atoms with E-state index in [-0.39, 0.29) is 9.92 Å². The van der Waals surface area contributed by atoms with Crippen molar-refractivity contribution in [2.24, 2.45) is 0 Å². The Balaban J connectivity index is 1.89. The predicted octanol–water partition coefficient (Wildman–Crippen LogP) is 4.84. The Hall–Kier alpha value is -3.45. The zero-order chi connectivity index (χ0) is 17.9. The molecule has 4 rings (SSSR count). The molecule has 0 unspecified atom stereocenters. The van der Waals surface area contributed by atoms with E-state index in [9.17, 15) is 10.1 Å². The van der Waals surface area contributed by atoms with Crippen molar-refractivity contribution >= 4 is 16.3 Å². The molecular weight excluding hydrogens is 348 g/mol. The predicted molar refractivity (Wildman–Crippen MR) is 101 cm³/mol. The Bertz CT molecular complexity index is 1010. The average molecular weight is 360 g/mol. The SMILES string of the molecule is O=[N+]([O-])c1ccc(-c2cc(-c3ccccn3)nc(-c3ccccn3)c2)s1. The first kappa shape index (κ1) is 16.0. The maximum atomic E-state index is 11.0. The van der Waals surface area contributed by atoms with E-state index in [1.807, 2.05) is 48.5 Å². The van der Waals surface area contributed by atoms with Gasteiger partial charge in [-0.05, 0) is 48.0 Å². The average Bonchev–Trinajstić information content (AvgIpc) is 3.20. The number of rotatable bonds is 4. The van der Waals surface area contributed by atoms with Gasteiger partial charge in [-0.25, -0.2) is 4.98 Å². The summed E-state index contributed by atoms with van der Waals surface area (Å²) in [4.78, 5) is 24.8. The highest BCUT2D eigenvalue weighted by molar-refractivity contribution is 7.18. The fourth-order valence-corrected chi connectivity index (χ4v) is 3.35. The molecule has 0 aliphatic heterocycles. The van der Waals surface area contributed by atoms with Crippen molar-refractivity contribution in [1.82, 2.24) is 15.0 Å². The van der Waals surface area contributed by atoms with Crippen LogP contribution < -0.4 is 0 Å². The van der Waals surface area contributed by atoms with Crippen molar-refractivity contribution in [2.45, 2.75) is 0 Å². The summed E-state index contributed by atoms with van der Waals surface area (Å²) in [5.41, 5.74) is 3.70. The molecule has 0 aliphatic rings. The van der Waals surface area contributed by atoms with Crippen molar-refractivity contribution < 1.29 is 4.92 Å². The highest BCUT2D eigenvalue weighted by Gasteiger charge is 2.14. The molecule has 0 fully saturated rings. The highest BCUT2D eigenvalue weighted by atomic mass is 32.1. The minimum atomic E-state index is -0.380. The van der Waals surface area contributed by atoms with E-state index >= 15 is 0 Å². The van der Waals surface area contributed by atoms with Crippen LogP contribution >= 0.6 is 11.3 Å². The van der Waals surface area contributed by atoms with Gasteiger partial charge in [-0.1, -0.05) is 23.5 Å². The van der Waals surface area contributed by atoms with Gasteiger partial charge in [-0.15, -0.1) is 0 Å². The Morgan fingerprint density at radius 2 is 1.42 bits per heavy atom. The first-order valence-corrected chi connectivity index (χ1v) is 8.62. The molecule has 0 amide bonds.